The van der Waals surface area contributed by atoms with Crippen molar-refractivity contribution >= 4 is 5.91 Å². The van der Waals surface area contributed by atoms with Crippen LogP contribution in [-0.4, -0.2) is 42.2 Å². The Balaban J connectivity index is 3.69. The van der Waals surface area contributed by atoms with Crippen LogP contribution in [0.5, 0.6) is 0 Å². The molecule has 0 fully saturated rings. The average molecular weight is 188 g/mol. The largest absolute Gasteiger partial charge is 0.382 e. The number of carbonyl (C=O) groups is 1. The SMILES string of the molecule is CCCCCN(C)C(=O)C(O)CN. The van der Waals surface area contributed by atoms with E-state index in [1.807, 2.05) is 0 Å². The molecule has 4 nitrogen and oxygen atoms in total. The van der Waals surface area contributed by atoms with E-state index >= 15 is 0 Å². The van der Waals surface area contributed by atoms with E-state index in [0.29, 0.717) is 6.54 Å². The van der Waals surface area contributed by atoms with Gasteiger partial charge in [0, 0.05) is 20.1 Å². The van der Waals surface area contributed by atoms with E-state index in [1.54, 1.807) is 7.05 Å². The average Bonchev–Trinajstić information content (AvgIpc) is 2.15. The van der Waals surface area contributed by atoms with Gasteiger partial charge in [-0.05, 0) is 6.42 Å². The van der Waals surface area contributed by atoms with Crippen molar-refractivity contribution in [2.75, 3.05) is 20.1 Å². The minimum absolute atomic E-state index is 0.00302. The van der Waals surface area contributed by atoms with Gasteiger partial charge in [0.15, 0.2) is 0 Å². The topological polar surface area (TPSA) is 66.6 Å². The van der Waals surface area contributed by atoms with Gasteiger partial charge in [0.05, 0.1) is 0 Å². The summed E-state index contributed by atoms with van der Waals surface area (Å²) in [6.07, 6.45) is 2.18. The van der Waals surface area contributed by atoms with E-state index in [0.717, 1.165) is 19.3 Å². The lowest BCUT2D eigenvalue weighted by atomic mass is 10.2. The first-order valence-electron chi connectivity index (χ1n) is 4.76. The first kappa shape index (κ1) is 12.4. The van der Waals surface area contributed by atoms with Gasteiger partial charge in [0.2, 0.25) is 0 Å². The van der Waals surface area contributed by atoms with Crippen molar-refractivity contribution < 1.29 is 9.90 Å². The molecule has 0 aromatic heterocycles. The smallest absolute Gasteiger partial charge is 0.252 e. The lowest BCUT2D eigenvalue weighted by molar-refractivity contribution is -0.138. The zero-order valence-electron chi connectivity index (χ0n) is 8.49. The summed E-state index contributed by atoms with van der Waals surface area (Å²) in [5, 5.41) is 9.14. The molecular formula is C9H20N2O2. The van der Waals surface area contributed by atoms with E-state index in [-0.39, 0.29) is 12.5 Å². The normalized spacial score (nSPS) is 12.6. The fraction of sp³-hybridized carbons (Fsp3) is 0.889. The van der Waals surface area contributed by atoms with Gasteiger partial charge in [0.25, 0.3) is 5.91 Å². The molecule has 0 saturated heterocycles. The maximum absolute atomic E-state index is 11.3. The lowest BCUT2D eigenvalue weighted by Crippen LogP contribution is -2.40. The van der Waals surface area contributed by atoms with E-state index in [9.17, 15) is 4.79 Å². The second kappa shape index (κ2) is 6.86. The Morgan fingerprint density at radius 2 is 2.15 bits per heavy atom. The Bertz CT molecular complexity index is 151. The summed E-state index contributed by atoms with van der Waals surface area (Å²) in [7, 11) is 1.69. The molecule has 78 valence electrons. The van der Waals surface area contributed by atoms with E-state index in [1.165, 1.54) is 4.90 Å². The molecule has 0 aliphatic heterocycles. The molecule has 0 saturated carbocycles. The highest BCUT2D eigenvalue weighted by Crippen LogP contribution is 1.98. The van der Waals surface area contributed by atoms with Gasteiger partial charge < -0.3 is 15.7 Å². The fourth-order valence-corrected chi connectivity index (χ4v) is 1.06. The number of nitrogens with zero attached hydrogens (tertiary/aromatic N) is 1. The number of amides is 1. The van der Waals surface area contributed by atoms with Crippen molar-refractivity contribution in [2.45, 2.75) is 32.3 Å². The Kier molecular flexibility index (Phi) is 6.54. The van der Waals surface area contributed by atoms with Crippen LogP contribution in [0.4, 0.5) is 0 Å². The third-order valence-corrected chi connectivity index (χ3v) is 1.98. The van der Waals surface area contributed by atoms with Crippen LogP contribution in [-0.2, 0) is 4.79 Å². The highest BCUT2D eigenvalue weighted by atomic mass is 16.3. The van der Waals surface area contributed by atoms with Crippen LogP contribution in [0.3, 0.4) is 0 Å². The summed E-state index contributed by atoms with van der Waals surface area (Å²) in [5.74, 6) is -0.279. The molecule has 1 amide bonds. The Labute approximate surface area is 79.7 Å². The van der Waals surface area contributed by atoms with Crippen LogP contribution in [0.1, 0.15) is 26.2 Å². The second-order valence-electron chi connectivity index (χ2n) is 3.22. The molecule has 0 aliphatic rings. The number of hydrogen-bond acceptors (Lipinski definition) is 3. The third kappa shape index (κ3) is 4.85. The van der Waals surface area contributed by atoms with Crippen molar-refractivity contribution in [3.63, 3.8) is 0 Å². The first-order chi connectivity index (χ1) is 6.13. The first-order valence-corrected chi connectivity index (χ1v) is 4.76. The van der Waals surface area contributed by atoms with Crippen LogP contribution in [0, 0.1) is 0 Å². The summed E-state index contributed by atoms with van der Waals surface area (Å²) in [5.41, 5.74) is 5.17. The van der Waals surface area contributed by atoms with Crippen LogP contribution in [0.2, 0.25) is 0 Å². The number of hydrogen-bond donors (Lipinski definition) is 2. The molecule has 0 aromatic rings. The van der Waals surface area contributed by atoms with Gasteiger partial charge in [-0.15, -0.1) is 0 Å². The lowest BCUT2D eigenvalue weighted by Gasteiger charge is -2.19. The van der Waals surface area contributed by atoms with Gasteiger partial charge in [-0.1, -0.05) is 19.8 Å². The number of aliphatic hydroxyl groups is 1. The monoisotopic (exact) mass is 188 g/mol. The molecule has 0 radical (unpaired) electrons. The van der Waals surface area contributed by atoms with Gasteiger partial charge in [-0.25, -0.2) is 0 Å². The van der Waals surface area contributed by atoms with Gasteiger partial charge in [0.1, 0.15) is 6.10 Å². The minimum atomic E-state index is -1.04. The van der Waals surface area contributed by atoms with Crippen LogP contribution < -0.4 is 5.73 Å². The Hall–Kier alpha value is -0.610. The number of unbranched alkanes of at least 4 members (excludes halogenated alkanes) is 2. The molecule has 1 atom stereocenters. The van der Waals surface area contributed by atoms with E-state index in [2.05, 4.69) is 6.92 Å². The predicted octanol–water partition coefficient (Wildman–Crippen LogP) is -0.0454. The number of nitrogens with two attached hydrogens (primary N) is 1. The number of aliphatic hydroxyl groups excluding tert-OH is 1. The summed E-state index contributed by atoms with van der Waals surface area (Å²) >= 11 is 0. The molecule has 0 aliphatic carbocycles. The predicted molar refractivity (Wildman–Crippen MR) is 52.2 cm³/mol. The molecule has 1 unspecified atom stereocenters. The van der Waals surface area contributed by atoms with Crippen molar-refractivity contribution in [2.24, 2.45) is 5.73 Å². The van der Waals surface area contributed by atoms with Gasteiger partial charge in [-0.3, -0.25) is 4.79 Å². The summed E-state index contributed by atoms with van der Waals surface area (Å²) in [4.78, 5) is 12.8. The molecule has 0 rings (SSSR count). The second-order valence-corrected chi connectivity index (χ2v) is 3.22. The maximum atomic E-state index is 11.3. The summed E-state index contributed by atoms with van der Waals surface area (Å²) < 4.78 is 0. The molecule has 13 heavy (non-hydrogen) atoms. The molecule has 0 spiro atoms. The number of carbonyl (C=O) groups excluding carboxylic acids is 1. The Morgan fingerprint density at radius 3 is 2.62 bits per heavy atom. The standard InChI is InChI=1S/C9H20N2O2/c1-3-4-5-6-11(2)9(13)8(12)7-10/h8,12H,3-7,10H2,1-2H3. The van der Waals surface area contributed by atoms with Crippen molar-refractivity contribution in [1.82, 2.24) is 4.90 Å². The van der Waals surface area contributed by atoms with Crippen molar-refractivity contribution in [3.8, 4) is 0 Å². The molecule has 3 N–H and O–H groups in total. The number of rotatable bonds is 6. The fourth-order valence-electron chi connectivity index (χ4n) is 1.06. The van der Waals surface area contributed by atoms with Gasteiger partial charge in [-0.2, -0.15) is 0 Å². The van der Waals surface area contributed by atoms with E-state index < -0.39 is 6.10 Å². The summed E-state index contributed by atoms with van der Waals surface area (Å²) in [6, 6.07) is 0. The quantitative estimate of drug-likeness (QED) is 0.574. The van der Waals surface area contributed by atoms with Gasteiger partial charge >= 0.3 is 0 Å². The van der Waals surface area contributed by atoms with Crippen LogP contribution >= 0.6 is 0 Å². The molecule has 0 bridgehead atoms. The zero-order chi connectivity index (χ0) is 10.3. The van der Waals surface area contributed by atoms with Crippen LogP contribution in [0.25, 0.3) is 0 Å². The van der Waals surface area contributed by atoms with Crippen molar-refractivity contribution in [1.29, 1.82) is 0 Å². The highest BCUT2D eigenvalue weighted by Gasteiger charge is 2.16. The molecular weight excluding hydrogens is 168 g/mol. The maximum Gasteiger partial charge on any atom is 0.252 e. The van der Waals surface area contributed by atoms with Crippen molar-refractivity contribution in [3.05, 3.63) is 0 Å². The molecule has 0 heterocycles. The molecule has 4 heteroatoms. The summed E-state index contributed by atoms with van der Waals surface area (Å²) in [6.45, 7) is 2.80. The van der Waals surface area contributed by atoms with Crippen LogP contribution in [0.15, 0.2) is 0 Å². The number of likely N-dealkylation sites (N-methyl/N-ethyl adjacent to an activating group) is 1. The molecule has 0 aromatic carbocycles. The highest BCUT2D eigenvalue weighted by molar-refractivity contribution is 5.80. The minimum Gasteiger partial charge on any atom is -0.382 e. The Morgan fingerprint density at radius 1 is 1.54 bits per heavy atom. The third-order valence-electron chi connectivity index (χ3n) is 1.98. The van der Waals surface area contributed by atoms with E-state index in [4.69, 9.17) is 10.8 Å². The zero-order valence-corrected chi connectivity index (χ0v) is 8.49.